The first kappa shape index (κ1) is 19.0. The Bertz CT molecular complexity index is 906. The van der Waals surface area contributed by atoms with Crippen LogP contribution in [0.15, 0.2) is 42.6 Å². The van der Waals surface area contributed by atoms with Crippen molar-refractivity contribution in [3.63, 3.8) is 0 Å². The van der Waals surface area contributed by atoms with Gasteiger partial charge in [0.1, 0.15) is 11.6 Å². The Hall–Kier alpha value is -2.35. The van der Waals surface area contributed by atoms with Gasteiger partial charge >= 0.3 is 0 Å². The molecule has 2 N–H and O–H groups in total. The number of aliphatic hydroxyl groups is 1. The van der Waals surface area contributed by atoms with Gasteiger partial charge in [-0.2, -0.15) is 0 Å². The van der Waals surface area contributed by atoms with E-state index in [4.69, 9.17) is 10.1 Å². The van der Waals surface area contributed by atoms with E-state index in [0.717, 1.165) is 59.8 Å². The number of nitrogens with one attached hydrogen (secondary N) is 1. The van der Waals surface area contributed by atoms with Gasteiger partial charge in [0, 0.05) is 30.4 Å². The van der Waals surface area contributed by atoms with E-state index in [9.17, 15) is 0 Å². The van der Waals surface area contributed by atoms with Crippen molar-refractivity contribution >= 4 is 22.3 Å². The highest BCUT2D eigenvalue weighted by atomic mass is 32.1. The summed E-state index contributed by atoms with van der Waals surface area (Å²) >= 11 is 1.62. The molecule has 0 saturated carbocycles. The lowest BCUT2D eigenvalue weighted by molar-refractivity contribution is 0.162. The average Bonchev–Trinajstić information content (AvgIpc) is 3.17. The summed E-state index contributed by atoms with van der Waals surface area (Å²) in [5, 5.41) is 13.3. The number of anilines is 2. The van der Waals surface area contributed by atoms with Crippen LogP contribution in [0, 0.1) is 6.92 Å². The van der Waals surface area contributed by atoms with Gasteiger partial charge in [0.25, 0.3) is 0 Å². The van der Waals surface area contributed by atoms with Crippen molar-refractivity contribution < 1.29 is 5.11 Å². The molecular weight excluding hydrogens is 370 g/mol. The molecule has 0 radical (unpaired) electrons. The second-order valence-corrected chi connectivity index (χ2v) is 8.14. The normalized spacial score (nSPS) is 15.6. The molecular formula is C21H25N5OS. The number of nitrogens with zero attached hydrogens (tertiary/aromatic N) is 4. The molecule has 3 heterocycles. The van der Waals surface area contributed by atoms with Gasteiger partial charge in [-0.3, -0.25) is 0 Å². The van der Waals surface area contributed by atoms with Crippen LogP contribution in [0.2, 0.25) is 0 Å². The number of benzene rings is 1. The molecule has 1 aromatic carbocycles. The van der Waals surface area contributed by atoms with Crippen molar-refractivity contribution in [3.05, 3.63) is 54.1 Å². The summed E-state index contributed by atoms with van der Waals surface area (Å²) in [6, 6.07) is 12.2. The predicted molar refractivity (Wildman–Crippen MR) is 113 cm³/mol. The number of aromatic nitrogens is 3. The summed E-state index contributed by atoms with van der Waals surface area (Å²) in [4.78, 5) is 17.4. The molecule has 2 aromatic heterocycles. The van der Waals surface area contributed by atoms with E-state index in [1.807, 2.05) is 37.4 Å². The lowest BCUT2D eigenvalue weighted by atomic mass is 9.96. The van der Waals surface area contributed by atoms with E-state index in [0.29, 0.717) is 5.92 Å². The molecule has 0 bridgehead atoms. The Morgan fingerprint density at radius 2 is 1.96 bits per heavy atom. The molecule has 1 aliphatic rings. The molecule has 0 amide bonds. The Balaban J connectivity index is 1.47. The van der Waals surface area contributed by atoms with Crippen molar-refractivity contribution in [1.82, 2.24) is 19.9 Å². The SMILES string of the molecule is Cc1cc(Nc2ncc(-c3ccccc3)s2)nc(C2CCN(CCO)CC2)n1. The third-order valence-electron chi connectivity index (χ3n) is 5.04. The highest BCUT2D eigenvalue weighted by Crippen LogP contribution is 2.31. The molecule has 0 unspecified atom stereocenters. The largest absolute Gasteiger partial charge is 0.395 e. The first-order chi connectivity index (χ1) is 13.7. The molecule has 4 rings (SSSR count). The summed E-state index contributed by atoms with van der Waals surface area (Å²) < 4.78 is 0. The Morgan fingerprint density at radius 3 is 2.71 bits per heavy atom. The van der Waals surface area contributed by atoms with Crippen molar-refractivity contribution in [3.8, 4) is 10.4 Å². The quantitative estimate of drug-likeness (QED) is 0.661. The van der Waals surface area contributed by atoms with Gasteiger partial charge in [-0.15, -0.1) is 0 Å². The molecule has 6 nitrogen and oxygen atoms in total. The van der Waals surface area contributed by atoms with E-state index in [-0.39, 0.29) is 6.61 Å². The second kappa shape index (κ2) is 8.77. The number of β-amino-alcohol motifs (C(OH)–C–C–N with tert-alkyl or cyclic N) is 1. The van der Waals surface area contributed by atoms with Crippen molar-refractivity contribution in [2.45, 2.75) is 25.7 Å². The van der Waals surface area contributed by atoms with Gasteiger partial charge in [0.2, 0.25) is 0 Å². The zero-order valence-electron chi connectivity index (χ0n) is 16.0. The molecule has 0 atom stereocenters. The van der Waals surface area contributed by atoms with Crippen LogP contribution in [0.5, 0.6) is 0 Å². The second-order valence-electron chi connectivity index (χ2n) is 7.11. The predicted octanol–water partition coefficient (Wildman–Crippen LogP) is 3.82. The molecule has 1 fully saturated rings. The van der Waals surface area contributed by atoms with Crippen LogP contribution in [0.4, 0.5) is 10.9 Å². The fraction of sp³-hybridized carbons (Fsp3) is 0.381. The molecule has 1 saturated heterocycles. The van der Waals surface area contributed by atoms with E-state index in [1.54, 1.807) is 11.3 Å². The maximum Gasteiger partial charge on any atom is 0.188 e. The van der Waals surface area contributed by atoms with Gasteiger partial charge in [0.15, 0.2) is 5.13 Å². The number of hydrogen-bond acceptors (Lipinski definition) is 7. The molecule has 7 heteroatoms. The first-order valence-corrected chi connectivity index (χ1v) is 10.5. The van der Waals surface area contributed by atoms with Crippen LogP contribution in [-0.2, 0) is 0 Å². The first-order valence-electron chi connectivity index (χ1n) is 9.68. The minimum atomic E-state index is 0.221. The van der Waals surface area contributed by atoms with Gasteiger partial charge in [-0.1, -0.05) is 41.7 Å². The van der Waals surface area contributed by atoms with Gasteiger partial charge in [-0.25, -0.2) is 15.0 Å². The Kier molecular flexibility index (Phi) is 5.95. The van der Waals surface area contributed by atoms with Crippen molar-refractivity contribution in [2.75, 3.05) is 31.6 Å². The molecule has 0 spiro atoms. The monoisotopic (exact) mass is 395 g/mol. The van der Waals surface area contributed by atoms with E-state index < -0.39 is 0 Å². The maximum atomic E-state index is 9.11. The van der Waals surface area contributed by atoms with Gasteiger partial charge in [0.05, 0.1) is 11.5 Å². The summed E-state index contributed by atoms with van der Waals surface area (Å²) in [7, 11) is 0. The third-order valence-corrected chi connectivity index (χ3v) is 6.00. The van der Waals surface area contributed by atoms with Crippen LogP contribution in [0.1, 0.15) is 30.3 Å². The number of aryl methyl sites for hydroxylation is 1. The number of hydrogen-bond donors (Lipinski definition) is 2. The van der Waals surface area contributed by atoms with Gasteiger partial charge in [-0.05, 0) is 38.4 Å². The summed E-state index contributed by atoms with van der Waals surface area (Å²) in [5.74, 6) is 2.08. The van der Waals surface area contributed by atoms with Crippen LogP contribution in [-0.4, -0.2) is 51.2 Å². The minimum absolute atomic E-state index is 0.221. The van der Waals surface area contributed by atoms with Crippen LogP contribution in [0.3, 0.4) is 0 Å². The summed E-state index contributed by atoms with van der Waals surface area (Å²) in [5.41, 5.74) is 2.13. The fourth-order valence-electron chi connectivity index (χ4n) is 3.57. The number of rotatable bonds is 6. The van der Waals surface area contributed by atoms with E-state index >= 15 is 0 Å². The highest BCUT2D eigenvalue weighted by Gasteiger charge is 2.23. The highest BCUT2D eigenvalue weighted by molar-refractivity contribution is 7.18. The zero-order chi connectivity index (χ0) is 19.3. The number of thiazole rings is 1. The smallest absolute Gasteiger partial charge is 0.188 e. The molecule has 1 aliphatic heterocycles. The Morgan fingerprint density at radius 1 is 1.18 bits per heavy atom. The molecule has 28 heavy (non-hydrogen) atoms. The topological polar surface area (TPSA) is 74.2 Å². The number of aliphatic hydroxyl groups excluding tert-OH is 1. The third kappa shape index (κ3) is 4.55. The summed E-state index contributed by atoms with van der Waals surface area (Å²) in [6.07, 6.45) is 3.95. The maximum absolute atomic E-state index is 9.11. The molecule has 3 aromatic rings. The molecule has 0 aliphatic carbocycles. The Labute approximate surface area is 169 Å². The standard InChI is InChI=1S/C21H25N5OS/c1-15-13-19(24-20(23-15)17-7-9-26(10-8-17)11-12-27)25-21-22-14-18(28-21)16-5-3-2-4-6-16/h2-6,13-14,17,27H,7-12H2,1H3,(H,22,23,24,25). The number of piperidine rings is 1. The average molecular weight is 396 g/mol. The lowest BCUT2D eigenvalue weighted by Gasteiger charge is -2.30. The zero-order valence-corrected chi connectivity index (χ0v) is 16.8. The summed E-state index contributed by atoms with van der Waals surface area (Å²) in [6.45, 7) is 4.95. The van der Waals surface area contributed by atoms with Crippen LogP contribution >= 0.6 is 11.3 Å². The van der Waals surface area contributed by atoms with E-state index in [2.05, 4.69) is 32.3 Å². The van der Waals surface area contributed by atoms with Gasteiger partial charge < -0.3 is 15.3 Å². The van der Waals surface area contributed by atoms with Crippen LogP contribution < -0.4 is 5.32 Å². The molecule has 146 valence electrons. The minimum Gasteiger partial charge on any atom is -0.395 e. The van der Waals surface area contributed by atoms with E-state index in [1.165, 1.54) is 5.56 Å². The fourth-order valence-corrected chi connectivity index (χ4v) is 4.40. The lowest BCUT2D eigenvalue weighted by Crippen LogP contribution is -2.35. The van der Waals surface area contributed by atoms with Crippen molar-refractivity contribution in [2.24, 2.45) is 0 Å². The van der Waals surface area contributed by atoms with Crippen molar-refractivity contribution in [1.29, 1.82) is 0 Å². The number of likely N-dealkylation sites (tertiary alicyclic amines) is 1. The van der Waals surface area contributed by atoms with Crippen LogP contribution in [0.25, 0.3) is 10.4 Å².